The number of hydrogen-bond acceptors (Lipinski definition) is 9. The maximum Gasteiger partial charge on any atom is 0.273 e. The number of benzene rings is 2. The number of rotatable bonds is 11. The molecule has 5 rings (SSSR count). The van der Waals surface area contributed by atoms with Crippen LogP contribution in [-0.4, -0.2) is 58.4 Å². The molecule has 0 fully saturated rings. The molecule has 12 heteroatoms. The fourth-order valence-electron chi connectivity index (χ4n) is 4.01. The van der Waals surface area contributed by atoms with E-state index >= 15 is 0 Å². The van der Waals surface area contributed by atoms with Crippen LogP contribution in [0, 0.1) is 0 Å². The normalized spacial score (nSPS) is 11.0. The minimum absolute atomic E-state index is 0.129. The molecule has 0 radical (unpaired) electrons. The molecule has 5 aromatic rings. The van der Waals surface area contributed by atoms with Crippen LogP contribution in [0.2, 0.25) is 5.02 Å². The molecule has 1 amide bonds. The number of aromatic nitrogens is 4. The Labute approximate surface area is 244 Å². The highest BCUT2D eigenvalue weighted by atomic mass is 35.5. The summed E-state index contributed by atoms with van der Waals surface area (Å²) in [4.78, 5) is 19.3. The van der Waals surface area contributed by atoms with Crippen molar-refractivity contribution in [2.45, 2.75) is 17.3 Å². The van der Waals surface area contributed by atoms with Gasteiger partial charge in [0.25, 0.3) is 5.91 Å². The van der Waals surface area contributed by atoms with Gasteiger partial charge in [-0.2, -0.15) is 0 Å². The molecule has 0 aliphatic carbocycles. The monoisotopic (exact) mass is 595 g/mol. The third kappa shape index (κ3) is 6.16. The molecule has 0 aliphatic rings. The molecule has 2 aromatic carbocycles. The quantitative estimate of drug-likeness (QED) is 0.165. The first-order valence-corrected chi connectivity index (χ1v) is 14.5. The summed E-state index contributed by atoms with van der Waals surface area (Å²) in [5.74, 6) is 2.89. The largest absolute Gasteiger partial charge is 0.493 e. The van der Waals surface area contributed by atoms with E-state index in [1.807, 2.05) is 53.1 Å². The highest BCUT2D eigenvalue weighted by Crippen LogP contribution is 2.32. The van der Waals surface area contributed by atoms with Gasteiger partial charge in [-0.3, -0.25) is 9.36 Å². The first-order valence-electron chi connectivity index (χ1n) is 12.3. The molecule has 3 aromatic heterocycles. The number of nitrogens with zero attached hydrogens (tertiary/aromatic N) is 5. The van der Waals surface area contributed by atoms with Crippen molar-refractivity contribution in [3.05, 3.63) is 87.5 Å². The van der Waals surface area contributed by atoms with E-state index < -0.39 is 0 Å². The summed E-state index contributed by atoms with van der Waals surface area (Å²) in [7, 11) is 4.99. The Kier molecular flexibility index (Phi) is 8.73. The zero-order chi connectivity index (χ0) is 28.1. The lowest BCUT2D eigenvalue weighted by atomic mass is 10.1. The lowest BCUT2D eigenvalue weighted by Crippen LogP contribution is -2.29. The predicted molar refractivity (Wildman–Crippen MR) is 156 cm³/mol. The first-order chi connectivity index (χ1) is 19.5. The van der Waals surface area contributed by atoms with Crippen LogP contribution in [0.5, 0.6) is 11.5 Å². The van der Waals surface area contributed by atoms with Crippen molar-refractivity contribution >= 4 is 40.6 Å². The number of thioether (sulfide) groups is 1. The van der Waals surface area contributed by atoms with Crippen LogP contribution in [0.25, 0.3) is 17.3 Å². The van der Waals surface area contributed by atoms with Gasteiger partial charge < -0.3 is 18.8 Å². The van der Waals surface area contributed by atoms with E-state index in [0.717, 1.165) is 16.3 Å². The maximum absolute atomic E-state index is 13.1. The standard InChI is InChI=1S/C28H26ClN5O4S2/c1-33(12-11-18-9-10-22(36-2)24(14-18)37-3)27(35)21-16-39-25(30-21)17-40-28-32-31-26(23-8-5-13-38-23)34(28)20-7-4-6-19(29)15-20/h4-10,13-16H,11-12,17H2,1-3H3. The van der Waals surface area contributed by atoms with Crippen molar-refractivity contribution in [1.29, 1.82) is 0 Å². The minimum atomic E-state index is -0.129. The van der Waals surface area contributed by atoms with Gasteiger partial charge in [-0.25, -0.2) is 4.98 Å². The number of carbonyl (C=O) groups excluding carboxylic acids is 1. The lowest BCUT2D eigenvalue weighted by Gasteiger charge is -2.16. The molecule has 0 atom stereocenters. The van der Waals surface area contributed by atoms with Gasteiger partial charge in [-0.15, -0.1) is 21.5 Å². The van der Waals surface area contributed by atoms with Crippen molar-refractivity contribution in [2.24, 2.45) is 0 Å². The van der Waals surface area contributed by atoms with Crippen LogP contribution in [0.3, 0.4) is 0 Å². The van der Waals surface area contributed by atoms with Gasteiger partial charge in [-0.1, -0.05) is 35.5 Å². The third-order valence-electron chi connectivity index (χ3n) is 6.07. The zero-order valence-electron chi connectivity index (χ0n) is 22.0. The Morgan fingerprint density at radius 2 is 1.95 bits per heavy atom. The molecule has 0 saturated carbocycles. The summed E-state index contributed by atoms with van der Waals surface area (Å²) in [6, 6.07) is 16.9. The summed E-state index contributed by atoms with van der Waals surface area (Å²) in [6.07, 6.45) is 2.27. The van der Waals surface area contributed by atoms with E-state index in [4.69, 9.17) is 25.5 Å². The molecule has 0 unspecified atom stereocenters. The van der Waals surface area contributed by atoms with Gasteiger partial charge in [0.2, 0.25) is 5.82 Å². The van der Waals surface area contributed by atoms with Gasteiger partial charge in [0.15, 0.2) is 22.4 Å². The highest BCUT2D eigenvalue weighted by molar-refractivity contribution is 7.98. The van der Waals surface area contributed by atoms with Crippen LogP contribution >= 0.6 is 34.7 Å². The Balaban J connectivity index is 1.25. The van der Waals surface area contributed by atoms with Crippen LogP contribution in [0.1, 0.15) is 21.1 Å². The van der Waals surface area contributed by atoms with Crippen LogP contribution in [-0.2, 0) is 12.2 Å². The van der Waals surface area contributed by atoms with Crippen molar-refractivity contribution < 1.29 is 18.7 Å². The topological polar surface area (TPSA) is 95.5 Å². The summed E-state index contributed by atoms with van der Waals surface area (Å²) in [6.45, 7) is 0.536. The molecular weight excluding hydrogens is 570 g/mol. The van der Waals surface area contributed by atoms with Crippen molar-refractivity contribution in [3.63, 3.8) is 0 Å². The second kappa shape index (κ2) is 12.6. The van der Waals surface area contributed by atoms with Gasteiger partial charge in [-0.05, 0) is 54.4 Å². The van der Waals surface area contributed by atoms with Crippen molar-refractivity contribution in [3.8, 4) is 28.8 Å². The van der Waals surface area contributed by atoms with E-state index in [1.165, 1.54) is 23.1 Å². The number of hydrogen-bond donors (Lipinski definition) is 0. The lowest BCUT2D eigenvalue weighted by molar-refractivity contribution is 0.0791. The number of thiazole rings is 1. The summed E-state index contributed by atoms with van der Waals surface area (Å²) >= 11 is 9.18. The number of halogens is 1. The summed E-state index contributed by atoms with van der Waals surface area (Å²) in [5, 5.41) is 12.6. The molecule has 3 heterocycles. The molecule has 0 aliphatic heterocycles. The second-order valence-corrected chi connectivity index (χ2v) is 11.0. The van der Waals surface area contributed by atoms with Crippen LogP contribution in [0.15, 0.2) is 75.8 Å². The Morgan fingerprint density at radius 1 is 1.10 bits per heavy atom. The average Bonchev–Trinajstić information content (AvgIpc) is 3.75. The number of carbonyl (C=O) groups is 1. The Hall–Kier alpha value is -3.80. The fraction of sp³-hybridized carbons (Fsp3) is 0.214. The first kappa shape index (κ1) is 27.8. The number of furan rings is 1. The number of amides is 1. The van der Waals surface area contributed by atoms with Gasteiger partial charge in [0.1, 0.15) is 10.7 Å². The molecule has 9 nitrogen and oxygen atoms in total. The second-order valence-electron chi connectivity index (χ2n) is 8.68. The van der Waals surface area contributed by atoms with Gasteiger partial charge >= 0.3 is 0 Å². The van der Waals surface area contributed by atoms with E-state index in [-0.39, 0.29) is 5.91 Å². The molecular formula is C28H26ClN5O4S2. The molecule has 0 saturated heterocycles. The molecule has 0 bridgehead atoms. The smallest absolute Gasteiger partial charge is 0.273 e. The van der Waals surface area contributed by atoms with Crippen molar-refractivity contribution in [1.82, 2.24) is 24.6 Å². The molecule has 40 heavy (non-hydrogen) atoms. The Morgan fingerprint density at radius 3 is 2.70 bits per heavy atom. The van der Waals surface area contributed by atoms with E-state index in [2.05, 4.69) is 15.2 Å². The highest BCUT2D eigenvalue weighted by Gasteiger charge is 2.20. The summed E-state index contributed by atoms with van der Waals surface area (Å²) < 4.78 is 18.2. The molecule has 206 valence electrons. The van der Waals surface area contributed by atoms with Crippen LogP contribution < -0.4 is 9.47 Å². The van der Waals surface area contributed by atoms with E-state index in [9.17, 15) is 4.79 Å². The maximum atomic E-state index is 13.1. The number of ether oxygens (including phenoxy) is 2. The number of likely N-dealkylation sites (N-methyl/N-ethyl adjacent to an activating group) is 1. The van der Waals surface area contributed by atoms with Crippen molar-refractivity contribution in [2.75, 3.05) is 27.8 Å². The Bertz CT molecular complexity index is 1600. The minimum Gasteiger partial charge on any atom is -0.493 e. The van der Waals surface area contributed by atoms with E-state index in [0.29, 0.717) is 57.7 Å². The van der Waals surface area contributed by atoms with Crippen LogP contribution in [0.4, 0.5) is 0 Å². The van der Waals surface area contributed by atoms with Gasteiger partial charge in [0, 0.05) is 24.0 Å². The van der Waals surface area contributed by atoms with Gasteiger partial charge in [0.05, 0.1) is 31.9 Å². The fourth-order valence-corrected chi connectivity index (χ4v) is 5.93. The molecule has 0 N–H and O–H groups in total. The molecule has 0 spiro atoms. The third-order valence-corrected chi connectivity index (χ3v) is 8.27. The average molecular weight is 596 g/mol. The number of methoxy groups -OCH3 is 2. The predicted octanol–water partition coefficient (Wildman–Crippen LogP) is 6.26. The summed E-state index contributed by atoms with van der Waals surface area (Å²) in [5.41, 5.74) is 2.28. The zero-order valence-corrected chi connectivity index (χ0v) is 24.4. The van der Waals surface area contributed by atoms with E-state index in [1.54, 1.807) is 43.9 Å². The SMILES string of the molecule is COc1ccc(CCN(C)C(=O)c2csc(CSc3nnc(-c4ccco4)n3-c3cccc(Cl)c3)n2)cc1OC.